The van der Waals surface area contributed by atoms with Gasteiger partial charge in [0.05, 0.1) is 49.2 Å². The van der Waals surface area contributed by atoms with Crippen LogP contribution in [0.25, 0.3) is 0 Å². The Labute approximate surface area is 252 Å². The van der Waals surface area contributed by atoms with Crippen molar-refractivity contribution in [2.45, 2.75) is 50.1 Å². The standard InChI is InChI=1S/C31H35NO12/c1-40-20-5-3-4-15-24(20)30(38)27-26(28(15)36)29(37)16-8-14(18(34)12-33)9-21(25(16)31(27)39)44-22-10-17(19(35)13-43-22)32-6-7-42-23(11-32)41-2/h3-5,14,17,19,21-23,33,35,37,39H,6-13H2,1-2H3/t14-,17+,19-,21+,22+,23+/m1/s1. The number of carbonyl (C=O) groups excluding carboxylic acids is 3. The van der Waals surface area contributed by atoms with Crippen molar-refractivity contribution in [3.05, 3.63) is 51.6 Å². The number of phenols is 2. The number of hydrogen-bond donors (Lipinski definition) is 4. The van der Waals surface area contributed by atoms with Crippen molar-refractivity contribution >= 4 is 17.3 Å². The number of carbonyl (C=O) groups is 3. The average molecular weight is 614 g/mol. The third kappa shape index (κ3) is 5.08. The van der Waals surface area contributed by atoms with Gasteiger partial charge in [0.25, 0.3) is 0 Å². The minimum absolute atomic E-state index is 0.0105. The van der Waals surface area contributed by atoms with Gasteiger partial charge in [-0.1, -0.05) is 12.1 Å². The molecule has 2 heterocycles. The van der Waals surface area contributed by atoms with Gasteiger partial charge >= 0.3 is 0 Å². The highest BCUT2D eigenvalue weighted by molar-refractivity contribution is 6.31. The molecule has 6 atom stereocenters. The van der Waals surface area contributed by atoms with Crippen molar-refractivity contribution in [1.82, 2.24) is 4.90 Å². The number of methoxy groups -OCH3 is 2. The fraction of sp³-hybridized carbons (Fsp3) is 0.516. The zero-order valence-electron chi connectivity index (χ0n) is 24.4. The lowest BCUT2D eigenvalue weighted by atomic mass is 9.73. The van der Waals surface area contributed by atoms with Crippen LogP contribution in [0.15, 0.2) is 18.2 Å². The highest BCUT2D eigenvalue weighted by Gasteiger charge is 2.45. The molecule has 44 heavy (non-hydrogen) atoms. The Kier molecular flexibility index (Phi) is 8.46. The maximum absolute atomic E-state index is 13.8. The lowest BCUT2D eigenvalue weighted by Crippen LogP contribution is -2.57. The summed E-state index contributed by atoms with van der Waals surface area (Å²) in [5.74, 6) is -3.61. The lowest BCUT2D eigenvalue weighted by Gasteiger charge is -2.44. The van der Waals surface area contributed by atoms with Gasteiger partial charge in [0.15, 0.2) is 24.1 Å². The third-order valence-electron chi connectivity index (χ3n) is 9.09. The summed E-state index contributed by atoms with van der Waals surface area (Å²) in [5.41, 5.74) is -0.598. The Morgan fingerprint density at radius 1 is 1.02 bits per heavy atom. The van der Waals surface area contributed by atoms with Gasteiger partial charge in [-0.05, 0) is 18.9 Å². The molecule has 2 aromatic rings. The van der Waals surface area contributed by atoms with E-state index in [-0.39, 0.29) is 71.0 Å². The number of morpholine rings is 1. The molecule has 4 N–H and O–H groups in total. The quantitative estimate of drug-likeness (QED) is 0.276. The molecule has 4 aliphatic rings. The molecular weight excluding hydrogens is 578 g/mol. The minimum Gasteiger partial charge on any atom is -0.507 e. The SMILES string of the molecule is COc1cccc2c1C(=O)c1c(O)c3c(c(O)c1C2=O)C[C@@H](C(=O)CO)C[C@@H]3O[C@H]1C[C@H](N2CCO[C@H](OC)C2)[C@H](O)CO1. The Morgan fingerprint density at radius 2 is 1.80 bits per heavy atom. The molecular formula is C31H35NO12. The largest absolute Gasteiger partial charge is 0.507 e. The van der Waals surface area contributed by atoms with E-state index in [0.29, 0.717) is 19.7 Å². The number of rotatable bonds is 7. The molecule has 0 radical (unpaired) electrons. The van der Waals surface area contributed by atoms with Crippen molar-refractivity contribution < 1.29 is 58.5 Å². The number of nitrogens with zero attached hydrogens (tertiary/aromatic N) is 1. The zero-order valence-corrected chi connectivity index (χ0v) is 24.4. The van der Waals surface area contributed by atoms with Gasteiger partial charge in [-0.3, -0.25) is 19.3 Å². The lowest BCUT2D eigenvalue weighted by molar-refractivity contribution is -0.241. The van der Waals surface area contributed by atoms with Crippen LogP contribution in [0.3, 0.4) is 0 Å². The topological polar surface area (TPSA) is 182 Å². The number of phenolic OH excluding ortho intramolecular Hbond substituents is 2. The van der Waals surface area contributed by atoms with Crippen LogP contribution in [0.2, 0.25) is 0 Å². The molecule has 0 unspecified atom stereocenters. The molecule has 6 rings (SSSR count). The normalized spacial score (nSPS) is 28.6. The molecule has 2 saturated heterocycles. The molecule has 0 amide bonds. The summed E-state index contributed by atoms with van der Waals surface area (Å²) in [6, 6.07) is 4.14. The van der Waals surface area contributed by atoms with Crippen LogP contribution in [0, 0.1) is 5.92 Å². The fourth-order valence-electron chi connectivity index (χ4n) is 6.87. The van der Waals surface area contributed by atoms with Crippen LogP contribution in [0.1, 0.15) is 61.9 Å². The molecule has 13 heteroatoms. The molecule has 0 aromatic heterocycles. The number of fused-ring (bicyclic) bond motifs is 3. The van der Waals surface area contributed by atoms with Gasteiger partial charge < -0.3 is 44.1 Å². The van der Waals surface area contributed by atoms with E-state index in [1.807, 2.05) is 4.90 Å². The van der Waals surface area contributed by atoms with Crippen molar-refractivity contribution in [3.8, 4) is 17.2 Å². The summed E-state index contributed by atoms with van der Waals surface area (Å²) < 4.78 is 28.4. The van der Waals surface area contributed by atoms with Gasteiger partial charge in [-0.25, -0.2) is 0 Å². The Balaban J connectivity index is 1.38. The molecule has 2 fully saturated rings. The molecule has 0 spiro atoms. The summed E-state index contributed by atoms with van der Waals surface area (Å²) >= 11 is 0. The third-order valence-corrected chi connectivity index (χ3v) is 9.09. The maximum Gasteiger partial charge on any atom is 0.202 e. The number of ketones is 3. The van der Waals surface area contributed by atoms with E-state index < -0.39 is 66.2 Å². The van der Waals surface area contributed by atoms with E-state index >= 15 is 0 Å². The van der Waals surface area contributed by atoms with E-state index in [1.54, 1.807) is 13.2 Å². The van der Waals surface area contributed by atoms with E-state index in [9.17, 15) is 34.8 Å². The number of aliphatic hydroxyl groups excluding tert-OH is 2. The molecule has 2 aliphatic heterocycles. The summed E-state index contributed by atoms with van der Waals surface area (Å²) in [5, 5.41) is 43.6. The van der Waals surface area contributed by atoms with Gasteiger partial charge in [-0.2, -0.15) is 0 Å². The summed E-state index contributed by atoms with van der Waals surface area (Å²) in [6.45, 7) is 0.588. The van der Waals surface area contributed by atoms with Crippen LogP contribution < -0.4 is 4.74 Å². The van der Waals surface area contributed by atoms with Gasteiger partial charge in [0.1, 0.15) is 23.9 Å². The maximum atomic E-state index is 13.8. The Bertz CT molecular complexity index is 1490. The predicted molar refractivity (Wildman–Crippen MR) is 150 cm³/mol. The monoisotopic (exact) mass is 613 g/mol. The molecule has 0 bridgehead atoms. The Hall–Kier alpha value is -3.43. The molecule has 0 saturated carbocycles. The average Bonchev–Trinajstić information content (AvgIpc) is 3.04. The number of ether oxygens (including phenoxy) is 5. The predicted octanol–water partition coefficient (Wildman–Crippen LogP) is 0.844. The van der Waals surface area contributed by atoms with Crippen molar-refractivity contribution in [3.63, 3.8) is 0 Å². The first-order valence-corrected chi connectivity index (χ1v) is 14.5. The minimum atomic E-state index is -1.06. The van der Waals surface area contributed by atoms with Gasteiger partial charge in [0.2, 0.25) is 5.78 Å². The summed E-state index contributed by atoms with van der Waals surface area (Å²) in [6.07, 6.45) is -3.09. The molecule has 2 aliphatic carbocycles. The van der Waals surface area contributed by atoms with E-state index in [4.69, 9.17) is 23.7 Å². The highest BCUT2D eigenvalue weighted by atomic mass is 16.7. The van der Waals surface area contributed by atoms with Crippen LogP contribution in [-0.2, 0) is 30.2 Å². The van der Waals surface area contributed by atoms with E-state index in [2.05, 4.69) is 0 Å². The first-order valence-electron chi connectivity index (χ1n) is 14.5. The summed E-state index contributed by atoms with van der Waals surface area (Å²) in [4.78, 5) is 42.2. The molecule has 2 aromatic carbocycles. The second kappa shape index (κ2) is 12.2. The second-order valence-corrected chi connectivity index (χ2v) is 11.4. The first kappa shape index (κ1) is 30.6. The van der Waals surface area contributed by atoms with Crippen LogP contribution in [-0.4, -0.2) is 115 Å². The van der Waals surface area contributed by atoms with E-state index in [0.717, 1.165) is 0 Å². The Morgan fingerprint density at radius 3 is 2.52 bits per heavy atom. The van der Waals surface area contributed by atoms with E-state index in [1.165, 1.54) is 19.2 Å². The highest BCUT2D eigenvalue weighted by Crippen LogP contribution is 2.51. The van der Waals surface area contributed by atoms with Crippen LogP contribution >= 0.6 is 0 Å². The number of aromatic hydroxyl groups is 2. The summed E-state index contributed by atoms with van der Waals surface area (Å²) in [7, 11) is 2.90. The van der Waals surface area contributed by atoms with Crippen molar-refractivity contribution in [2.24, 2.45) is 5.92 Å². The number of aliphatic hydroxyl groups is 2. The van der Waals surface area contributed by atoms with Gasteiger partial charge in [0, 0.05) is 55.3 Å². The molecule has 236 valence electrons. The number of benzene rings is 2. The zero-order chi connectivity index (χ0) is 31.3. The van der Waals surface area contributed by atoms with Gasteiger partial charge in [-0.15, -0.1) is 0 Å². The van der Waals surface area contributed by atoms with Crippen molar-refractivity contribution in [2.75, 3.05) is 47.1 Å². The van der Waals surface area contributed by atoms with Crippen LogP contribution in [0.5, 0.6) is 17.2 Å². The number of Topliss-reactive ketones (excluding diaryl/α,β-unsaturated/α-hetero) is 1. The first-order chi connectivity index (χ1) is 21.2. The number of hydrogen-bond acceptors (Lipinski definition) is 13. The molecule has 13 nitrogen and oxygen atoms in total. The van der Waals surface area contributed by atoms with Crippen molar-refractivity contribution in [1.29, 1.82) is 0 Å². The van der Waals surface area contributed by atoms with Crippen LogP contribution in [0.4, 0.5) is 0 Å². The fourth-order valence-corrected chi connectivity index (χ4v) is 6.87. The second-order valence-electron chi connectivity index (χ2n) is 11.4. The smallest absolute Gasteiger partial charge is 0.202 e.